The Bertz CT molecular complexity index is 1480. The summed E-state index contributed by atoms with van der Waals surface area (Å²) in [5.41, 5.74) is 5.25. The number of carbonyl (C=O) groups excluding carboxylic acids is 1. The van der Waals surface area contributed by atoms with Crippen LogP contribution in [0.25, 0.3) is 22.3 Å². The largest absolute Gasteiger partial charge is 0.372 e. The summed E-state index contributed by atoms with van der Waals surface area (Å²) in [6.07, 6.45) is 4.43. The summed E-state index contributed by atoms with van der Waals surface area (Å²) in [5, 5.41) is 3.96. The average Bonchev–Trinajstić information content (AvgIpc) is 2.94. The second-order valence-corrected chi connectivity index (χ2v) is 11.2. The van der Waals surface area contributed by atoms with Crippen molar-refractivity contribution >= 4 is 34.4 Å². The third-order valence-corrected chi connectivity index (χ3v) is 8.16. The van der Waals surface area contributed by atoms with Crippen LogP contribution in [0.2, 0.25) is 0 Å². The van der Waals surface area contributed by atoms with Gasteiger partial charge in [-0.05, 0) is 80.5 Å². The predicted molar refractivity (Wildman–Crippen MR) is 152 cm³/mol. The van der Waals surface area contributed by atoms with Crippen molar-refractivity contribution < 1.29 is 9.53 Å². The highest BCUT2D eigenvalue weighted by atomic mass is 32.2. The number of pyridine rings is 3. The number of fused-ring (bicyclic) bond motifs is 2. The van der Waals surface area contributed by atoms with E-state index in [0.29, 0.717) is 12.1 Å². The summed E-state index contributed by atoms with van der Waals surface area (Å²) in [5.74, 6) is 1.96. The Balaban J connectivity index is 1.18. The molecule has 4 aromatic rings. The molecule has 8 heteroatoms. The maximum atomic E-state index is 12.8. The number of nitrogens with one attached hydrogen (secondary N) is 1. The second-order valence-electron chi connectivity index (χ2n) is 10.1. The van der Waals surface area contributed by atoms with Gasteiger partial charge < -0.3 is 15.0 Å². The van der Waals surface area contributed by atoms with Crippen molar-refractivity contribution in [3.63, 3.8) is 0 Å². The quantitative estimate of drug-likeness (QED) is 0.380. The van der Waals surface area contributed by atoms with E-state index >= 15 is 0 Å². The highest BCUT2D eigenvalue weighted by Crippen LogP contribution is 2.30. The smallest absolute Gasteiger partial charge is 0.251 e. The number of aromatic nitrogens is 3. The Morgan fingerprint density at radius 2 is 1.89 bits per heavy atom. The third-order valence-electron chi connectivity index (χ3n) is 6.98. The SMILES string of the molecule is CC1CN(c2cccc(-c3ccc4cnc(CNC(=O)c5ccc6c(c5)SCCC6)cc4n3)n2)CC(C)O1. The molecule has 0 aliphatic carbocycles. The molecule has 0 saturated carbocycles. The zero-order chi connectivity index (χ0) is 26.1. The van der Waals surface area contributed by atoms with Gasteiger partial charge in [0.15, 0.2) is 0 Å². The molecule has 2 unspecified atom stereocenters. The number of hydrogen-bond donors (Lipinski definition) is 1. The first-order valence-electron chi connectivity index (χ1n) is 13.2. The van der Waals surface area contributed by atoms with Gasteiger partial charge in [-0.15, -0.1) is 11.8 Å². The van der Waals surface area contributed by atoms with Gasteiger partial charge in [0, 0.05) is 35.1 Å². The molecule has 1 N–H and O–H groups in total. The topological polar surface area (TPSA) is 80.2 Å². The van der Waals surface area contributed by atoms with Crippen LogP contribution >= 0.6 is 11.8 Å². The van der Waals surface area contributed by atoms with Crippen molar-refractivity contribution in [1.82, 2.24) is 20.3 Å². The van der Waals surface area contributed by atoms with Gasteiger partial charge in [-0.25, -0.2) is 9.97 Å². The normalized spacial score (nSPS) is 19.3. The summed E-state index contributed by atoms with van der Waals surface area (Å²) >= 11 is 1.83. The van der Waals surface area contributed by atoms with Crippen LogP contribution in [-0.2, 0) is 17.7 Å². The van der Waals surface area contributed by atoms with E-state index in [2.05, 4.69) is 35.1 Å². The molecule has 1 saturated heterocycles. The van der Waals surface area contributed by atoms with Crippen LogP contribution in [0.5, 0.6) is 0 Å². The lowest BCUT2D eigenvalue weighted by Crippen LogP contribution is -2.45. The van der Waals surface area contributed by atoms with Gasteiger partial charge in [0.1, 0.15) is 5.82 Å². The van der Waals surface area contributed by atoms with E-state index in [1.807, 2.05) is 66.5 Å². The number of hydrogen-bond acceptors (Lipinski definition) is 7. The van der Waals surface area contributed by atoms with Gasteiger partial charge in [-0.3, -0.25) is 9.78 Å². The molecule has 38 heavy (non-hydrogen) atoms. The van der Waals surface area contributed by atoms with Gasteiger partial charge in [-0.2, -0.15) is 0 Å². The van der Waals surface area contributed by atoms with Gasteiger partial charge in [0.05, 0.1) is 41.4 Å². The third kappa shape index (κ3) is 5.37. The summed E-state index contributed by atoms with van der Waals surface area (Å²) < 4.78 is 5.88. The van der Waals surface area contributed by atoms with E-state index in [4.69, 9.17) is 14.7 Å². The minimum atomic E-state index is -0.0876. The summed E-state index contributed by atoms with van der Waals surface area (Å²) in [6, 6.07) is 18.0. The highest BCUT2D eigenvalue weighted by Gasteiger charge is 2.23. The molecule has 1 amide bonds. The van der Waals surface area contributed by atoms with Crippen LogP contribution in [0, 0.1) is 0 Å². The van der Waals surface area contributed by atoms with Crippen LogP contribution in [0.15, 0.2) is 65.7 Å². The molecule has 1 fully saturated rings. The summed E-state index contributed by atoms with van der Waals surface area (Å²) in [7, 11) is 0. The number of aryl methyl sites for hydroxylation is 1. The zero-order valence-electron chi connectivity index (χ0n) is 21.7. The van der Waals surface area contributed by atoms with Gasteiger partial charge in [0.2, 0.25) is 0 Å². The minimum Gasteiger partial charge on any atom is -0.372 e. The number of morpholine rings is 1. The molecule has 7 nitrogen and oxygen atoms in total. The fourth-order valence-electron chi connectivity index (χ4n) is 5.16. The number of benzene rings is 1. The van der Waals surface area contributed by atoms with E-state index in [1.165, 1.54) is 16.9 Å². The number of amides is 1. The summed E-state index contributed by atoms with van der Waals surface area (Å²) in [4.78, 5) is 30.7. The Labute approximate surface area is 227 Å². The Hall–Kier alpha value is -3.49. The van der Waals surface area contributed by atoms with Gasteiger partial charge in [0.25, 0.3) is 5.91 Å². The lowest BCUT2D eigenvalue weighted by Gasteiger charge is -2.36. The summed E-state index contributed by atoms with van der Waals surface area (Å²) in [6.45, 7) is 6.16. The lowest BCUT2D eigenvalue weighted by molar-refractivity contribution is -0.00545. The van der Waals surface area contributed by atoms with E-state index in [1.54, 1.807) is 0 Å². The van der Waals surface area contributed by atoms with Crippen molar-refractivity contribution in [2.24, 2.45) is 0 Å². The standard InChI is InChI=1S/C30H31N5O2S/c1-19-17-35(18-20(2)37-19)29-7-3-6-25(34-29)26-11-10-23-15-31-24(14-27(23)33-26)16-32-30(36)22-9-8-21-5-4-12-38-28(21)13-22/h3,6-11,13-15,19-20H,4-5,12,16-18H2,1-2H3,(H,32,36). The number of anilines is 1. The molecule has 6 rings (SSSR count). The average molecular weight is 526 g/mol. The molecule has 2 atom stereocenters. The Morgan fingerprint density at radius 3 is 2.76 bits per heavy atom. The number of ether oxygens (including phenoxy) is 1. The fraction of sp³-hybridized carbons (Fsp3) is 0.333. The van der Waals surface area contributed by atoms with Crippen molar-refractivity contribution in [3.8, 4) is 11.4 Å². The molecule has 0 radical (unpaired) electrons. The van der Waals surface area contributed by atoms with Gasteiger partial charge >= 0.3 is 0 Å². The van der Waals surface area contributed by atoms with Crippen molar-refractivity contribution in [3.05, 3.63) is 77.6 Å². The maximum absolute atomic E-state index is 12.8. The van der Waals surface area contributed by atoms with Crippen molar-refractivity contribution in [1.29, 1.82) is 0 Å². The van der Waals surface area contributed by atoms with Crippen molar-refractivity contribution in [2.75, 3.05) is 23.7 Å². The van der Waals surface area contributed by atoms with E-state index in [-0.39, 0.29) is 18.1 Å². The zero-order valence-corrected chi connectivity index (χ0v) is 22.5. The molecule has 1 aromatic carbocycles. The number of carbonyl (C=O) groups is 1. The molecule has 2 aliphatic heterocycles. The van der Waals surface area contributed by atoms with E-state index in [0.717, 1.165) is 59.1 Å². The van der Waals surface area contributed by atoms with Crippen LogP contribution in [0.3, 0.4) is 0 Å². The molecule has 0 bridgehead atoms. The molecule has 2 aliphatic rings. The highest BCUT2D eigenvalue weighted by molar-refractivity contribution is 7.99. The molecule has 194 valence electrons. The first-order chi connectivity index (χ1) is 18.5. The Kier molecular flexibility index (Phi) is 7.00. The molecule has 5 heterocycles. The van der Waals surface area contributed by atoms with Crippen LogP contribution < -0.4 is 10.2 Å². The number of nitrogens with zero attached hydrogens (tertiary/aromatic N) is 4. The van der Waals surface area contributed by atoms with Crippen LogP contribution in [0.1, 0.15) is 41.9 Å². The predicted octanol–water partition coefficient (Wildman–Crippen LogP) is 5.27. The van der Waals surface area contributed by atoms with Gasteiger partial charge in [-0.1, -0.05) is 12.1 Å². The lowest BCUT2D eigenvalue weighted by atomic mass is 10.1. The molecular formula is C30H31N5O2S. The monoisotopic (exact) mass is 525 g/mol. The maximum Gasteiger partial charge on any atom is 0.251 e. The first kappa shape index (κ1) is 24.8. The fourth-order valence-corrected chi connectivity index (χ4v) is 6.23. The number of thioether (sulfide) groups is 1. The van der Waals surface area contributed by atoms with E-state index < -0.39 is 0 Å². The Morgan fingerprint density at radius 1 is 1.05 bits per heavy atom. The number of rotatable bonds is 5. The van der Waals surface area contributed by atoms with E-state index in [9.17, 15) is 4.79 Å². The molecule has 3 aromatic heterocycles. The van der Waals surface area contributed by atoms with Crippen molar-refractivity contribution in [2.45, 2.75) is 50.3 Å². The van der Waals surface area contributed by atoms with Crippen LogP contribution in [0.4, 0.5) is 5.82 Å². The minimum absolute atomic E-state index is 0.0876. The molecular weight excluding hydrogens is 494 g/mol. The van der Waals surface area contributed by atoms with Crippen LogP contribution in [-0.4, -0.2) is 51.9 Å². The molecule has 0 spiro atoms. The second kappa shape index (κ2) is 10.7. The first-order valence-corrected chi connectivity index (χ1v) is 14.2.